The number of hydrogen-bond acceptors (Lipinski definition) is 2. The Morgan fingerprint density at radius 1 is 1.35 bits per heavy atom. The highest BCUT2D eigenvalue weighted by molar-refractivity contribution is 6.21. The molecule has 20 heavy (non-hydrogen) atoms. The van der Waals surface area contributed by atoms with Gasteiger partial charge in [0.2, 0.25) is 0 Å². The van der Waals surface area contributed by atoms with Crippen LogP contribution in [-0.4, -0.2) is 16.3 Å². The van der Waals surface area contributed by atoms with E-state index in [1.807, 2.05) is 24.3 Å². The molecular weight excluding hydrogens is 279 g/mol. The Bertz CT molecular complexity index is 662. The number of pyridine rings is 1. The minimum absolute atomic E-state index is 0.193. The van der Waals surface area contributed by atoms with Gasteiger partial charge in [0, 0.05) is 6.20 Å². The summed E-state index contributed by atoms with van der Waals surface area (Å²) in [4.78, 5) is 15.8. The highest BCUT2D eigenvalue weighted by Crippen LogP contribution is 2.34. The summed E-state index contributed by atoms with van der Waals surface area (Å²) in [6.45, 7) is 0. The Hall–Kier alpha value is -1.94. The topological polar surface area (TPSA) is 42.0 Å². The summed E-state index contributed by atoms with van der Waals surface area (Å²) < 4.78 is 13.1. The Kier molecular flexibility index (Phi) is 3.40. The number of halogens is 2. The van der Waals surface area contributed by atoms with Crippen LogP contribution in [0.15, 0.2) is 42.7 Å². The number of nitrogens with one attached hydrogen (secondary N) is 1. The van der Waals surface area contributed by atoms with Crippen LogP contribution in [0.3, 0.4) is 0 Å². The molecule has 5 heteroatoms. The molecule has 0 saturated heterocycles. The van der Waals surface area contributed by atoms with E-state index in [1.165, 1.54) is 6.20 Å². The van der Waals surface area contributed by atoms with Crippen molar-refractivity contribution < 1.29 is 9.18 Å². The molecule has 1 aliphatic carbocycles. The number of carbonyl (C=O) groups is 1. The number of fused-ring (bicyclic) bond motifs is 1. The lowest BCUT2D eigenvalue weighted by Crippen LogP contribution is -2.31. The van der Waals surface area contributed by atoms with E-state index in [2.05, 4.69) is 10.3 Å². The Balaban J connectivity index is 1.83. The zero-order valence-electron chi connectivity index (χ0n) is 10.5. The van der Waals surface area contributed by atoms with Crippen LogP contribution in [0, 0.1) is 5.82 Å². The number of hydrogen-bond donors (Lipinski definition) is 1. The van der Waals surface area contributed by atoms with Gasteiger partial charge in [-0.1, -0.05) is 24.3 Å². The zero-order chi connectivity index (χ0) is 14.1. The molecule has 1 amide bonds. The van der Waals surface area contributed by atoms with Crippen LogP contribution in [0.25, 0.3) is 0 Å². The monoisotopic (exact) mass is 290 g/mol. The van der Waals surface area contributed by atoms with Gasteiger partial charge in [0.15, 0.2) is 0 Å². The molecule has 0 bridgehead atoms. The minimum atomic E-state index is -0.535. The number of amides is 1. The maximum absolute atomic E-state index is 13.1. The first-order valence-electron chi connectivity index (χ1n) is 6.28. The molecule has 0 aliphatic heterocycles. The number of carbonyl (C=O) groups excluding carboxylic acids is 1. The SMILES string of the molecule is O=C(NC1c2ccccc2CC1Cl)c1cncc(F)c1. The number of benzene rings is 1. The van der Waals surface area contributed by atoms with Gasteiger partial charge in [-0.3, -0.25) is 9.78 Å². The average Bonchev–Trinajstić information content (AvgIpc) is 2.75. The smallest absolute Gasteiger partial charge is 0.253 e. The highest BCUT2D eigenvalue weighted by atomic mass is 35.5. The Morgan fingerprint density at radius 2 is 2.15 bits per heavy atom. The van der Waals surface area contributed by atoms with Crippen molar-refractivity contribution in [2.45, 2.75) is 17.8 Å². The van der Waals surface area contributed by atoms with E-state index in [9.17, 15) is 9.18 Å². The van der Waals surface area contributed by atoms with Gasteiger partial charge in [0.1, 0.15) is 5.82 Å². The van der Waals surface area contributed by atoms with Crippen LogP contribution in [-0.2, 0) is 6.42 Å². The first-order valence-corrected chi connectivity index (χ1v) is 6.72. The standard InChI is InChI=1S/C15H12ClFN2O/c16-13-6-9-3-1-2-4-12(9)14(13)19-15(20)10-5-11(17)8-18-7-10/h1-5,7-8,13-14H,6H2,(H,19,20). The van der Waals surface area contributed by atoms with Gasteiger partial charge in [-0.2, -0.15) is 0 Å². The van der Waals surface area contributed by atoms with Crippen molar-refractivity contribution in [2.24, 2.45) is 0 Å². The van der Waals surface area contributed by atoms with Gasteiger partial charge in [-0.05, 0) is 23.6 Å². The van der Waals surface area contributed by atoms with E-state index in [0.717, 1.165) is 23.4 Å². The maximum Gasteiger partial charge on any atom is 0.253 e. The molecule has 1 aromatic heterocycles. The van der Waals surface area contributed by atoms with Crippen molar-refractivity contribution in [3.05, 3.63) is 65.2 Å². The highest BCUT2D eigenvalue weighted by Gasteiger charge is 2.32. The molecule has 2 atom stereocenters. The van der Waals surface area contributed by atoms with Crippen molar-refractivity contribution >= 4 is 17.5 Å². The summed E-state index contributed by atoms with van der Waals surface area (Å²) >= 11 is 6.30. The fourth-order valence-corrected chi connectivity index (χ4v) is 2.84. The number of rotatable bonds is 2. The van der Waals surface area contributed by atoms with E-state index in [4.69, 9.17) is 11.6 Å². The van der Waals surface area contributed by atoms with Gasteiger partial charge in [0.05, 0.1) is 23.2 Å². The van der Waals surface area contributed by atoms with Crippen molar-refractivity contribution in [1.82, 2.24) is 10.3 Å². The molecule has 1 N–H and O–H groups in total. The Labute approximate surface area is 120 Å². The minimum Gasteiger partial charge on any atom is -0.344 e. The van der Waals surface area contributed by atoms with E-state index in [-0.39, 0.29) is 22.9 Å². The van der Waals surface area contributed by atoms with Crippen molar-refractivity contribution in [3.8, 4) is 0 Å². The predicted molar refractivity (Wildman–Crippen MR) is 74.2 cm³/mol. The molecule has 3 nitrogen and oxygen atoms in total. The lowest BCUT2D eigenvalue weighted by Gasteiger charge is -2.17. The van der Waals surface area contributed by atoms with Gasteiger partial charge >= 0.3 is 0 Å². The van der Waals surface area contributed by atoms with Crippen molar-refractivity contribution in [2.75, 3.05) is 0 Å². The number of aromatic nitrogens is 1. The normalized spacial score (nSPS) is 20.5. The molecule has 2 aromatic rings. The first kappa shape index (κ1) is 13.1. The fraction of sp³-hybridized carbons (Fsp3) is 0.200. The maximum atomic E-state index is 13.1. The molecular formula is C15H12ClFN2O. The van der Waals surface area contributed by atoms with Gasteiger partial charge in [0.25, 0.3) is 5.91 Å². The molecule has 102 valence electrons. The lowest BCUT2D eigenvalue weighted by atomic mass is 10.1. The molecule has 2 unspecified atom stereocenters. The van der Waals surface area contributed by atoms with Gasteiger partial charge in [-0.25, -0.2) is 4.39 Å². The second-order valence-corrected chi connectivity index (χ2v) is 5.32. The van der Waals surface area contributed by atoms with Gasteiger partial charge < -0.3 is 5.32 Å². The molecule has 3 rings (SSSR count). The van der Waals surface area contributed by atoms with Gasteiger partial charge in [-0.15, -0.1) is 11.6 Å². The Morgan fingerprint density at radius 3 is 2.95 bits per heavy atom. The molecule has 0 spiro atoms. The third-order valence-corrected chi connectivity index (χ3v) is 3.83. The summed E-state index contributed by atoms with van der Waals surface area (Å²) in [6.07, 6.45) is 3.11. The van der Waals surface area contributed by atoms with E-state index < -0.39 is 5.82 Å². The molecule has 1 aromatic carbocycles. The largest absolute Gasteiger partial charge is 0.344 e. The molecule has 1 aliphatic rings. The summed E-state index contributed by atoms with van der Waals surface area (Å²) in [5, 5.41) is 2.65. The van der Waals surface area contributed by atoms with Crippen LogP contribution >= 0.6 is 11.6 Å². The predicted octanol–water partition coefficient (Wildman–Crippen LogP) is 2.86. The van der Waals surface area contributed by atoms with Crippen molar-refractivity contribution in [1.29, 1.82) is 0 Å². The van der Waals surface area contributed by atoms with E-state index >= 15 is 0 Å². The zero-order valence-corrected chi connectivity index (χ0v) is 11.3. The molecule has 0 fully saturated rings. The van der Waals surface area contributed by atoms with Crippen LogP contribution in [0.1, 0.15) is 27.5 Å². The third-order valence-electron chi connectivity index (χ3n) is 3.42. The van der Waals surface area contributed by atoms with E-state index in [0.29, 0.717) is 6.42 Å². The molecule has 0 radical (unpaired) electrons. The summed E-state index contributed by atoms with van der Waals surface area (Å²) in [7, 11) is 0. The molecule has 0 saturated carbocycles. The number of nitrogens with zero attached hydrogens (tertiary/aromatic N) is 1. The van der Waals surface area contributed by atoms with Crippen LogP contribution in [0.5, 0.6) is 0 Å². The fourth-order valence-electron chi connectivity index (χ4n) is 2.48. The molecule has 1 heterocycles. The van der Waals surface area contributed by atoms with Crippen LogP contribution < -0.4 is 5.32 Å². The lowest BCUT2D eigenvalue weighted by molar-refractivity contribution is 0.0936. The van der Waals surface area contributed by atoms with E-state index in [1.54, 1.807) is 0 Å². The van der Waals surface area contributed by atoms with Crippen LogP contribution in [0.2, 0.25) is 0 Å². The number of alkyl halides is 1. The quantitative estimate of drug-likeness (QED) is 0.864. The first-order chi connectivity index (χ1) is 9.65. The van der Waals surface area contributed by atoms with Crippen molar-refractivity contribution in [3.63, 3.8) is 0 Å². The second kappa shape index (κ2) is 5.21. The third kappa shape index (κ3) is 2.39. The summed E-state index contributed by atoms with van der Waals surface area (Å²) in [5.41, 5.74) is 2.35. The average molecular weight is 291 g/mol. The second-order valence-electron chi connectivity index (χ2n) is 4.76. The summed E-state index contributed by atoms with van der Waals surface area (Å²) in [6, 6.07) is 8.71. The van der Waals surface area contributed by atoms with Crippen LogP contribution in [0.4, 0.5) is 4.39 Å². The summed E-state index contributed by atoms with van der Waals surface area (Å²) in [5.74, 6) is -0.906.